The van der Waals surface area contributed by atoms with Gasteiger partial charge in [-0.05, 0) is 37.5 Å². The Kier molecular flexibility index (Phi) is 4.56. The summed E-state index contributed by atoms with van der Waals surface area (Å²) in [4.78, 5) is 20.5. The van der Waals surface area contributed by atoms with Gasteiger partial charge < -0.3 is 9.47 Å². The lowest BCUT2D eigenvalue weighted by Gasteiger charge is -2.28. The molecule has 1 aliphatic heterocycles. The molecule has 0 atom stereocenters. The zero-order valence-corrected chi connectivity index (χ0v) is 16.7. The number of rotatable bonds is 5. The Morgan fingerprint density at radius 3 is 2.86 bits per heavy atom. The fraction of sp³-hybridized carbons (Fsp3) is 0.429. The van der Waals surface area contributed by atoms with Crippen LogP contribution in [-0.2, 0) is 13.1 Å². The largest absolute Gasteiger partial charge is 0.454 e. The van der Waals surface area contributed by atoms with Crippen molar-refractivity contribution in [2.24, 2.45) is 0 Å². The molecule has 1 aromatic carbocycles. The molecule has 3 heterocycles. The Hall–Kier alpha value is -2.38. The van der Waals surface area contributed by atoms with Crippen LogP contribution in [0.5, 0.6) is 11.5 Å². The van der Waals surface area contributed by atoms with Crippen LogP contribution < -0.4 is 15.0 Å². The maximum atomic E-state index is 12.6. The molecular weight excluding hydrogens is 374 g/mol. The van der Waals surface area contributed by atoms with Crippen LogP contribution >= 0.6 is 11.3 Å². The van der Waals surface area contributed by atoms with E-state index in [1.165, 1.54) is 42.6 Å². The molecule has 1 aliphatic carbocycles. The Labute approximate surface area is 167 Å². The van der Waals surface area contributed by atoms with E-state index in [-0.39, 0.29) is 5.56 Å². The molecule has 0 N–H and O–H groups in total. The van der Waals surface area contributed by atoms with Crippen molar-refractivity contribution in [1.29, 1.82) is 0 Å². The average Bonchev–Trinajstić information content (AvgIpc) is 3.42. The summed E-state index contributed by atoms with van der Waals surface area (Å²) in [6, 6.07) is 8.36. The molecule has 2 aliphatic rings. The minimum Gasteiger partial charge on any atom is -0.454 e. The highest BCUT2D eigenvalue weighted by molar-refractivity contribution is 7.15. The van der Waals surface area contributed by atoms with Crippen LogP contribution in [0.25, 0.3) is 4.96 Å². The van der Waals surface area contributed by atoms with Crippen molar-refractivity contribution in [3.8, 4) is 11.5 Å². The first-order chi connectivity index (χ1) is 13.7. The zero-order chi connectivity index (χ0) is 19.1. The minimum atomic E-state index is 0.00759. The molecule has 0 bridgehead atoms. The van der Waals surface area contributed by atoms with Crippen LogP contribution in [0.1, 0.15) is 42.6 Å². The van der Waals surface area contributed by atoms with Gasteiger partial charge >= 0.3 is 0 Å². The number of ether oxygens (including phenoxy) is 2. The normalized spacial score (nSPS) is 16.5. The van der Waals surface area contributed by atoms with E-state index in [0.717, 1.165) is 34.4 Å². The lowest BCUT2D eigenvalue weighted by molar-refractivity contribution is 0.173. The summed E-state index contributed by atoms with van der Waals surface area (Å²) < 4.78 is 12.6. The second-order valence-corrected chi connectivity index (χ2v) is 8.45. The summed E-state index contributed by atoms with van der Waals surface area (Å²) in [6.45, 7) is 3.73. The van der Waals surface area contributed by atoms with Gasteiger partial charge in [-0.3, -0.25) is 14.1 Å². The fourth-order valence-electron chi connectivity index (χ4n) is 4.25. The Balaban J connectivity index is 1.43. The highest BCUT2D eigenvalue weighted by Crippen LogP contribution is 2.34. The van der Waals surface area contributed by atoms with Crippen molar-refractivity contribution in [2.45, 2.75) is 51.7 Å². The van der Waals surface area contributed by atoms with E-state index in [4.69, 9.17) is 14.5 Å². The van der Waals surface area contributed by atoms with Crippen LogP contribution in [-0.4, -0.2) is 27.1 Å². The van der Waals surface area contributed by atoms with Gasteiger partial charge in [-0.1, -0.05) is 18.9 Å². The molecule has 0 unspecified atom stereocenters. The molecule has 0 saturated heterocycles. The quantitative estimate of drug-likeness (QED) is 0.656. The van der Waals surface area contributed by atoms with E-state index in [1.807, 2.05) is 18.4 Å². The van der Waals surface area contributed by atoms with Crippen LogP contribution in [0.4, 0.5) is 0 Å². The number of hydrogen-bond donors (Lipinski definition) is 0. The van der Waals surface area contributed by atoms with Crippen LogP contribution in [0.3, 0.4) is 0 Å². The summed E-state index contributed by atoms with van der Waals surface area (Å²) >= 11 is 1.52. The summed E-state index contributed by atoms with van der Waals surface area (Å²) in [5, 5.41) is 1.98. The first-order valence-electron chi connectivity index (χ1n) is 9.77. The number of fused-ring (bicyclic) bond motifs is 2. The van der Waals surface area contributed by atoms with E-state index < -0.39 is 0 Å². The van der Waals surface area contributed by atoms with Crippen LogP contribution in [0.15, 0.2) is 34.4 Å². The third-order valence-electron chi connectivity index (χ3n) is 5.66. The third kappa shape index (κ3) is 3.29. The number of aromatic nitrogens is 2. The van der Waals surface area contributed by atoms with Gasteiger partial charge in [-0.2, -0.15) is 0 Å². The van der Waals surface area contributed by atoms with E-state index in [9.17, 15) is 4.79 Å². The average molecular weight is 398 g/mol. The highest BCUT2D eigenvalue weighted by atomic mass is 32.1. The zero-order valence-electron chi connectivity index (χ0n) is 15.9. The topological polar surface area (TPSA) is 56.1 Å². The van der Waals surface area contributed by atoms with Gasteiger partial charge in [0.05, 0.1) is 5.69 Å². The van der Waals surface area contributed by atoms with E-state index >= 15 is 0 Å². The molecular formula is C21H23N3O3S. The van der Waals surface area contributed by atoms with Crippen molar-refractivity contribution >= 4 is 16.3 Å². The van der Waals surface area contributed by atoms with Crippen LogP contribution in [0, 0.1) is 6.92 Å². The second-order valence-electron chi connectivity index (χ2n) is 7.61. The van der Waals surface area contributed by atoms with Crippen LogP contribution in [0.2, 0.25) is 0 Å². The molecule has 146 valence electrons. The van der Waals surface area contributed by atoms with E-state index in [0.29, 0.717) is 19.4 Å². The van der Waals surface area contributed by atoms with Crippen molar-refractivity contribution in [3.63, 3.8) is 0 Å². The molecule has 0 amide bonds. The lowest BCUT2D eigenvalue weighted by Crippen LogP contribution is -2.33. The highest BCUT2D eigenvalue weighted by Gasteiger charge is 2.24. The van der Waals surface area contributed by atoms with Gasteiger partial charge in [0, 0.05) is 36.3 Å². The summed E-state index contributed by atoms with van der Waals surface area (Å²) in [5.74, 6) is 1.63. The predicted octanol–water partition coefficient (Wildman–Crippen LogP) is 3.74. The number of aryl methyl sites for hydroxylation is 1. The molecule has 1 saturated carbocycles. The van der Waals surface area contributed by atoms with Gasteiger partial charge in [0.1, 0.15) is 0 Å². The molecule has 7 heteroatoms. The van der Waals surface area contributed by atoms with Crippen molar-refractivity contribution in [1.82, 2.24) is 14.3 Å². The van der Waals surface area contributed by atoms with E-state index in [2.05, 4.69) is 17.0 Å². The molecule has 1 fully saturated rings. The molecule has 5 rings (SSSR count). The number of benzene rings is 1. The summed E-state index contributed by atoms with van der Waals surface area (Å²) in [7, 11) is 0. The minimum absolute atomic E-state index is 0.00759. The lowest BCUT2D eigenvalue weighted by atomic mass is 10.1. The fourth-order valence-corrected chi connectivity index (χ4v) is 5.14. The number of nitrogens with zero attached hydrogens (tertiary/aromatic N) is 3. The van der Waals surface area contributed by atoms with Crippen molar-refractivity contribution in [2.75, 3.05) is 6.79 Å². The predicted molar refractivity (Wildman–Crippen MR) is 108 cm³/mol. The maximum absolute atomic E-state index is 12.6. The molecule has 0 radical (unpaired) electrons. The SMILES string of the molecule is Cc1csc2nc(CN(Cc3ccc4c(c3)OCO4)C3CCCC3)cc(=O)n12. The Morgan fingerprint density at radius 2 is 2.00 bits per heavy atom. The van der Waals surface area contributed by atoms with Crippen molar-refractivity contribution < 1.29 is 9.47 Å². The molecule has 6 nitrogen and oxygen atoms in total. The molecule has 3 aromatic rings. The van der Waals surface area contributed by atoms with Gasteiger partial charge in [0.15, 0.2) is 16.5 Å². The first-order valence-corrected chi connectivity index (χ1v) is 10.6. The Bertz CT molecular complexity index is 1070. The Morgan fingerprint density at radius 1 is 1.18 bits per heavy atom. The van der Waals surface area contributed by atoms with Gasteiger partial charge in [0.25, 0.3) is 5.56 Å². The molecule has 28 heavy (non-hydrogen) atoms. The van der Waals surface area contributed by atoms with Gasteiger partial charge in [-0.15, -0.1) is 11.3 Å². The monoisotopic (exact) mass is 397 g/mol. The summed E-state index contributed by atoms with van der Waals surface area (Å²) in [6.07, 6.45) is 4.93. The van der Waals surface area contributed by atoms with Crippen molar-refractivity contribution in [3.05, 3.63) is 57.0 Å². The smallest absolute Gasteiger partial charge is 0.259 e. The standard InChI is InChI=1S/C21H23N3O3S/c1-14-12-28-21-22-16(9-20(25)24(14)21)11-23(17-4-2-3-5-17)10-15-6-7-18-19(8-15)27-13-26-18/h6-9,12,17H,2-5,10-11,13H2,1H3. The van der Waals surface area contributed by atoms with E-state index in [1.54, 1.807) is 10.5 Å². The number of hydrogen-bond acceptors (Lipinski definition) is 6. The van der Waals surface area contributed by atoms with Gasteiger partial charge in [0.2, 0.25) is 6.79 Å². The maximum Gasteiger partial charge on any atom is 0.259 e. The molecule has 2 aromatic heterocycles. The first kappa shape index (κ1) is 17.7. The third-order valence-corrected chi connectivity index (χ3v) is 6.60. The molecule has 0 spiro atoms. The summed E-state index contributed by atoms with van der Waals surface area (Å²) in [5.41, 5.74) is 2.99. The van der Waals surface area contributed by atoms with Gasteiger partial charge in [-0.25, -0.2) is 4.98 Å². The number of thiazole rings is 1. The second kappa shape index (κ2) is 7.22.